The van der Waals surface area contributed by atoms with E-state index in [0.717, 1.165) is 16.9 Å². The Kier molecular flexibility index (Phi) is 5.21. The molecule has 3 heteroatoms. The van der Waals surface area contributed by atoms with Gasteiger partial charge in [-0.1, -0.05) is 36.9 Å². The van der Waals surface area contributed by atoms with Crippen LogP contribution in [0.5, 0.6) is 0 Å². The van der Waals surface area contributed by atoms with Crippen LogP contribution in [0.4, 0.5) is 4.39 Å². The van der Waals surface area contributed by atoms with Crippen LogP contribution in [0.3, 0.4) is 0 Å². The number of nitrogens with two attached hydrogens (primary N) is 1. The normalized spacial score (nSPS) is 12.4. The molecule has 2 N–H and O–H groups in total. The summed E-state index contributed by atoms with van der Waals surface area (Å²) < 4.78 is 13.5. The molecule has 1 atom stereocenters. The fourth-order valence-electron chi connectivity index (χ4n) is 2.02. The SMILES string of the molecule is CCC(N)Cc1cc(F)ccc1Sc1ccccc1C. The van der Waals surface area contributed by atoms with E-state index < -0.39 is 0 Å². The van der Waals surface area contributed by atoms with Crippen molar-refractivity contribution in [3.05, 3.63) is 59.4 Å². The van der Waals surface area contributed by atoms with Gasteiger partial charge in [0.25, 0.3) is 0 Å². The first-order chi connectivity index (χ1) is 9.60. The van der Waals surface area contributed by atoms with Crippen LogP contribution in [0, 0.1) is 12.7 Å². The smallest absolute Gasteiger partial charge is 0.123 e. The highest BCUT2D eigenvalue weighted by Crippen LogP contribution is 2.33. The van der Waals surface area contributed by atoms with E-state index in [0.29, 0.717) is 6.42 Å². The topological polar surface area (TPSA) is 26.0 Å². The Morgan fingerprint density at radius 3 is 2.60 bits per heavy atom. The van der Waals surface area contributed by atoms with Gasteiger partial charge >= 0.3 is 0 Å². The quantitative estimate of drug-likeness (QED) is 0.873. The Hall–Kier alpha value is -1.32. The summed E-state index contributed by atoms with van der Waals surface area (Å²) in [5.41, 5.74) is 8.24. The molecule has 0 radical (unpaired) electrons. The van der Waals surface area contributed by atoms with E-state index in [-0.39, 0.29) is 11.9 Å². The van der Waals surface area contributed by atoms with Gasteiger partial charge in [-0.05, 0) is 55.2 Å². The van der Waals surface area contributed by atoms with Crippen LogP contribution >= 0.6 is 11.8 Å². The van der Waals surface area contributed by atoms with Crippen LogP contribution in [-0.2, 0) is 6.42 Å². The lowest BCUT2D eigenvalue weighted by Crippen LogP contribution is -2.21. The molecule has 0 saturated carbocycles. The Morgan fingerprint density at radius 1 is 1.15 bits per heavy atom. The molecule has 2 aromatic rings. The van der Waals surface area contributed by atoms with E-state index in [1.165, 1.54) is 16.5 Å². The van der Waals surface area contributed by atoms with Gasteiger partial charge < -0.3 is 5.73 Å². The van der Waals surface area contributed by atoms with Gasteiger partial charge in [-0.25, -0.2) is 4.39 Å². The molecule has 0 aliphatic rings. The number of rotatable bonds is 5. The maximum Gasteiger partial charge on any atom is 0.123 e. The van der Waals surface area contributed by atoms with Crippen LogP contribution in [0.1, 0.15) is 24.5 Å². The molecule has 0 bridgehead atoms. The third kappa shape index (κ3) is 3.84. The van der Waals surface area contributed by atoms with E-state index in [1.54, 1.807) is 17.8 Å². The molecule has 0 amide bonds. The monoisotopic (exact) mass is 289 g/mol. The lowest BCUT2D eigenvalue weighted by atomic mass is 10.0. The molecule has 0 aliphatic heterocycles. The van der Waals surface area contributed by atoms with Crippen LogP contribution in [0.15, 0.2) is 52.3 Å². The van der Waals surface area contributed by atoms with Crippen LogP contribution in [0.25, 0.3) is 0 Å². The van der Waals surface area contributed by atoms with E-state index in [2.05, 4.69) is 26.0 Å². The summed E-state index contributed by atoms with van der Waals surface area (Å²) in [5, 5.41) is 0. The molecular weight excluding hydrogens is 269 g/mol. The van der Waals surface area contributed by atoms with Crippen molar-refractivity contribution in [3.63, 3.8) is 0 Å². The second-order valence-corrected chi connectivity index (χ2v) is 6.08. The minimum absolute atomic E-state index is 0.0769. The van der Waals surface area contributed by atoms with Crippen molar-refractivity contribution in [2.24, 2.45) is 5.73 Å². The zero-order valence-electron chi connectivity index (χ0n) is 11.9. The lowest BCUT2D eigenvalue weighted by Gasteiger charge is -2.14. The summed E-state index contributed by atoms with van der Waals surface area (Å²) in [6.45, 7) is 4.14. The lowest BCUT2D eigenvalue weighted by molar-refractivity contribution is 0.610. The predicted molar refractivity (Wildman–Crippen MR) is 83.7 cm³/mol. The minimum Gasteiger partial charge on any atom is -0.327 e. The summed E-state index contributed by atoms with van der Waals surface area (Å²) >= 11 is 1.68. The first kappa shape index (κ1) is 15.1. The molecule has 0 heterocycles. The molecule has 2 rings (SSSR count). The van der Waals surface area contributed by atoms with Crippen molar-refractivity contribution in [2.75, 3.05) is 0 Å². The Labute approximate surface area is 124 Å². The van der Waals surface area contributed by atoms with Crippen molar-refractivity contribution in [1.82, 2.24) is 0 Å². The highest BCUT2D eigenvalue weighted by Gasteiger charge is 2.10. The van der Waals surface area contributed by atoms with Crippen LogP contribution < -0.4 is 5.73 Å². The Balaban J connectivity index is 2.29. The maximum absolute atomic E-state index is 13.5. The summed E-state index contributed by atoms with van der Waals surface area (Å²) in [5.74, 6) is -0.197. The maximum atomic E-state index is 13.5. The molecule has 0 spiro atoms. The van der Waals surface area contributed by atoms with Crippen molar-refractivity contribution in [3.8, 4) is 0 Å². The third-order valence-electron chi connectivity index (χ3n) is 3.34. The summed E-state index contributed by atoms with van der Waals surface area (Å²) in [6.07, 6.45) is 1.60. The number of hydrogen-bond acceptors (Lipinski definition) is 2. The highest BCUT2D eigenvalue weighted by atomic mass is 32.2. The molecule has 1 unspecified atom stereocenters. The summed E-state index contributed by atoms with van der Waals surface area (Å²) in [4.78, 5) is 2.29. The summed E-state index contributed by atoms with van der Waals surface area (Å²) in [6, 6.07) is 13.3. The molecule has 0 fully saturated rings. The molecule has 20 heavy (non-hydrogen) atoms. The molecule has 0 saturated heterocycles. The fourth-order valence-corrected chi connectivity index (χ4v) is 3.05. The molecule has 1 nitrogen and oxygen atoms in total. The molecule has 0 aromatic heterocycles. The highest BCUT2D eigenvalue weighted by molar-refractivity contribution is 7.99. The predicted octanol–water partition coefficient (Wildman–Crippen LogP) is 4.57. The van der Waals surface area contributed by atoms with E-state index in [9.17, 15) is 4.39 Å². The van der Waals surface area contributed by atoms with Gasteiger partial charge in [0.15, 0.2) is 0 Å². The number of hydrogen-bond donors (Lipinski definition) is 1. The Bertz CT molecular complexity index is 583. The first-order valence-corrected chi connectivity index (χ1v) is 7.69. The average Bonchev–Trinajstić information content (AvgIpc) is 2.44. The second kappa shape index (κ2) is 6.91. The summed E-state index contributed by atoms with van der Waals surface area (Å²) in [7, 11) is 0. The second-order valence-electron chi connectivity index (χ2n) is 4.99. The average molecular weight is 289 g/mol. The van der Waals surface area contributed by atoms with Crippen molar-refractivity contribution >= 4 is 11.8 Å². The Morgan fingerprint density at radius 2 is 1.90 bits per heavy atom. The first-order valence-electron chi connectivity index (χ1n) is 6.87. The standard InChI is InChI=1S/C17H20FNS/c1-3-15(19)11-13-10-14(18)8-9-17(13)20-16-7-5-4-6-12(16)2/h4-10,15H,3,11,19H2,1-2H3. The van der Waals surface area contributed by atoms with Crippen molar-refractivity contribution in [1.29, 1.82) is 0 Å². The van der Waals surface area contributed by atoms with Crippen molar-refractivity contribution in [2.45, 2.75) is 42.5 Å². The van der Waals surface area contributed by atoms with Gasteiger partial charge in [0.2, 0.25) is 0 Å². The third-order valence-corrected chi connectivity index (χ3v) is 4.64. The minimum atomic E-state index is -0.197. The largest absolute Gasteiger partial charge is 0.327 e. The number of halogens is 1. The van der Waals surface area contributed by atoms with Gasteiger partial charge in [-0.2, -0.15) is 0 Å². The zero-order valence-corrected chi connectivity index (χ0v) is 12.7. The van der Waals surface area contributed by atoms with Gasteiger partial charge in [0, 0.05) is 15.8 Å². The van der Waals surface area contributed by atoms with Gasteiger partial charge in [-0.15, -0.1) is 0 Å². The zero-order chi connectivity index (χ0) is 14.5. The van der Waals surface area contributed by atoms with Crippen LogP contribution in [0.2, 0.25) is 0 Å². The van der Waals surface area contributed by atoms with E-state index in [1.807, 2.05) is 18.2 Å². The molecule has 106 valence electrons. The molecule has 0 aliphatic carbocycles. The number of aryl methyl sites for hydroxylation is 1. The molecular formula is C17H20FNS. The van der Waals surface area contributed by atoms with Gasteiger partial charge in [-0.3, -0.25) is 0 Å². The van der Waals surface area contributed by atoms with Crippen molar-refractivity contribution < 1.29 is 4.39 Å². The van der Waals surface area contributed by atoms with E-state index >= 15 is 0 Å². The van der Waals surface area contributed by atoms with Crippen LogP contribution in [-0.4, -0.2) is 6.04 Å². The van der Waals surface area contributed by atoms with Gasteiger partial charge in [0.05, 0.1) is 0 Å². The number of benzene rings is 2. The van der Waals surface area contributed by atoms with Gasteiger partial charge in [0.1, 0.15) is 5.82 Å². The van der Waals surface area contributed by atoms with E-state index in [4.69, 9.17) is 5.73 Å². The molecule has 2 aromatic carbocycles. The fraction of sp³-hybridized carbons (Fsp3) is 0.294.